The maximum absolute atomic E-state index is 11.4. The predicted molar refractivity (Wildman–Crippen MR) is 74.2 cm³/mol. The first-order chi connectivity index (χ1) is 8.76. The molecule has 1 aliphatic heterocycles. The molecule has 0 aromatic heterocycles. The number of aliphatic hydroxyl groups is 1. The van der Waals surface area contributed by atoms with Crippen LogP contribution in [-0.2, 0) is 4.74 Å². The number of alkyl carbamates (subject to hydrolysis) is 1. The zero-order valence-electron chi connectivity index (χ0n) is 12.5. The van der Waals surface area contributed by atoms with Gasteiger partial charge in [-0.25, -0.2) is 4.79 Å². The smallest absolute Gasteiger partial charge is 0.407 e. The molecule has 6 nitrogen and oxygen atoms in total. The molecule has 112 valence electrons. The summed E-state index contributed by atoms with van der Waals surface area (Å²) in [5.74, 6) is 0. The first kappa shape index (κ1) is 16.2. The van der Waals surface area contributed by atoms with E-state index < -0.39 is 17.8 Å². The van der Waals surface area contributed by atoms with Crippen molar-refractivity contribution in [3.8, 4) is 0 Å². The summed E-state index contributed by atoms with van der Waals surface area (Å²) < 4.78 is 5.11. The van der Waals surface area contributed by atoms with Gasteiger partial charge >= 0.3 is 6.09 Å². The van der Waals surface area contributed by atoms with E-state index >= 15 is 0 Å². The molecule has 0 spiro atoms. The first-order valence-corrected chi connectivity index (χ1v) is 6.82. The Labute approximate surface area is 115 Å². The zero-order chi connectivity index (χ0) is 14.5. The Morgan fingerprint density at radius 1 is 1.32 bits per heavy atom. The molecule has 1 rings (SSSR count). The summed E-state index contributed by atoms with van der Waals surface area (Å²) >= 11 is 0. The third-order valence-electron chi connectivity index (χ3n) is 2.95. The molecular weight excluding hydrogens is 246 g/mol. The van der Waals surface area contributed by atoms with Gasteiger partial charge in [0.1, 0.15) is 5.60 Å². The van der Waals surface area contributed by atoms with Crippen LogP contribution in [0.4, 0.5) is 4.79 Å². The molecule has 1 aliphatic rings. The molecule has 0 aromatic carbocycles. The van der Waals surface area contributed by atoms with Crippen LogP contribution in [0.15, 0.2) is 0 Å². The molecule has 0 saturated carbocycles. The molecule has 19 heavy (non-hydrogen) atoms. The van der Waals surface area contributed by atoms with Crippen LogP contribution >= 0.6 is 0 Å². The Hall–Kier alpha value is -0.850. The van der Waals surface area contributed by atoms with Gasteiger partial charge in [0.25, 0.3) is 0 Å². The van der Waals surface area contributed by atoms with E-state index in [0.717, 1.165) is 26.2 Å². The van der Waals surface area contributed by atoms with Crippen LogP contribution in [-0.4, -0.2) is 79.0 Å². The van der Waals surface area contributed by atoms with E-state index in [1.165, 1.54) is 0 Å². The van der Waals surface area contributed by atoms with Gasteiger partial charge in [-0.15, -0.1) is 0 Å². The van der Waals surface area contributed by atoms with Crippen molar-refractivity contribution in [1.29, 1.82) is 0 Å². The SMILES string of the molecule is CN1CCN(CC(O)CNC(=O)OC(C)(C)C)CC1. The lowest BCUT2D eigenvalue weighted by molar-refractivity contribution is 0.0446. The zero-order valence-corrected chi connectivity index (χ0v) is 12.5. The van der Waals surface area contributed by atoms with Gasteiger partial charge in [-0.05, 0) is 27.8 Å². The topological polar surface area (TPSA) is 65.0 Å². The van der Waals surface area contributed by atoms with E-state index in [9.17, 15) is 9.90 Å². The highest BCUT2D eigenvalue weighted by molar-refractivity contribution is 5.67. The highest BCUT2D eigenvalue weighted by Gasteiger charge is 2.19. The Morgan fingerprint density at radius 2 is 1.89 bits per heavy atom. The van der Waals surface area contributed by atoms with Gasteiger partial charge in [0, 0.05) is 39.3 Å². The van der Waals surface area contributed by atoms with Crippen LogP contribution in [0.5, 0.6) is 0 Å². The fourth-order valence-corrected chi connectivity index (χ4v) is 1.91. The van der Waals surface area contributed by atoms with E-state index in [-0.39, 0.29) is 6.54 Å². The molecule has 0 radical (unpaired) electrons. The number of rotatable bonds is 4. The van der Waals surface area contributed by atoms with Crippen molar-refractivity contribution in [2.75, 3.05) is 46.3 Å². The second kappa shape index (κ2) is 7.07. The van der Waals surface area contributed by atoms with Crippen molar-refractivity contribution in [2.45, 2.75) is 32.5 Å². The first-order valence-electron chi connectivity index (χ1n) is 6.82. The average molecular weight is 273 g/mol. The molecule has 6 heteroatoms. The molecule has 1 amide bonds. The number of ether oxygens (including phenoxy) is 1. The van der Waals surface area contributed by atoms with Crippen LogP contribution < -0.4 is 5.32 Å². The number of piperazine rings is 1. The lowest BCUT2D eigenvalue weighted by Gasteiger charge is -2.33. The quantitative estimate of drug-likeness (QED) is 0.761. The Balaban J connectivity index is 2.17. The van der Waals surface area contributed by atoms with E-state index in [1.54, 1.807) is 0 Å². The normalized spacial score (nSPS) is 20.1. The molecule has 1 heterocycles. The minimum Gasteiger partial charge on any atom is -0.444 e. The number of likely N-dealkylation sites (N-methyl/N-ethyl adjacent to an activating group) is 1. The van der Waals surface area contributed by atoms with Crippen molar-refractivity contribution in [1.82, 2.24) is 15.1 Å². The third kappa shape index (κ3) is 7.34. The maximum atomic E-state index is 11.4. The highest BCUT2D eigenvalue weighted by Crippen LogP contribution is 2.06. The number of hydrogen-bond acceptors (Lipinski definition) is 5. The summed E-state index contributed by atoms with van der Waals surface area (Å²) in [4.78, 5) is 15.9. The van der Waals surface area contributed by atoms with Crippen molar-refractivity contribution in [3.05, 3.63) is 0 Å². The number of nitrogens with one attached hydrogen (secondary N) is 1. The van der Waals surface area contributed by atoms with Crippen LogP contribution in [0.3, 0.4) is 0 Å². The van der Waals surface area contributed by atoms with E-state index in [2.05, 4.69) is 22.2 Å². The molecule has 1 saturated heterocycles. The standard InChI is InChI=1S/C13H27N3O3/c1-13(2,3)19-12(18)14-9-11(17)10-16-7-5-15(4)6-8-16/h11,17H,5-10H2,1-4H3,(H,14,18). The molecule has 2 N–H and O–H groups in total. The second-order valence-corrected chi connectivity index (χ2v) is 6.14. The number of aliphatic hydroxyl groups excluding tert-OH is 1. The van der Waals surface area contributed by atoms with E-state index in [0.29, 0.717) is 6.54 Å². The van der Waals surface area contributed by atoms with Crippen molar-refractivity contribution in [3.63, 3.8) is 0 Å². The molecule has 0 bridgehead atoms. The van der Waals surface area contributed by atoms with Gasteiger partial charge in [0.05, 0.1) is 6.10 Å². The molecule has 0 aromatic rings. The van der Waals surface area contributed by atoms with E-state index in [4.69, 9.17) is 4.74 Å². The van der Waals surface area contributed by atoms with Gasteiger partial charge < -0.3 is 20.1 Å². The largest absolute Gasteiger partial charge is 0.444 e. The van der Waals surface area contributed by atoms with Gasteiger partial charge in [-0.2, -0.15) is 0 Å². The van der Waals surface area contributed by atoms with Crippen LogP contribution in [0.1, 0.15) is 20.8 Å². The number of carbonyl (C=O) groups is 1. The summed E-state index contributed by atoms with van der Waals surface area (Å²) in [7, 11) is 2.10. The summed E-state index contributed by atoms with van der Waals surface area (Å²) in [6.07, 6.45) is -1.04. The fourth-order valence-electron chi connectivity index (χ4n) is 1.91. The predicted octanol–water partition coefficient (Wildman–Crippen LogP) is 0.119. The van der Waals surface area contributed by atoms with Gasteiger partial charge in [0.15, 0.2) is 0 Å². The molecule has 0 aliphatic carbocycles. The Bertz CT molecular complexity index is 283. The van der Waals surface area contributed by atoms with Crippen molar-refractivity contribution < 1.29 is 14.6 Å². The lowest BCUT2D eigenvalue weighted by atomic mass is 10.2. The second-order valence-electron chi connectivity index (χ2n) is 6.14. The van der Waals surface area contributed by atoms with Gasteiger partial charge in [-0.3, -0.25) is 4.90 Å². The number of β-amino-alcohol motifs (C(OH)–C–C–N with tert-alkyl or cyclic N) is 1. The van der Waals surface area contributed by atoms with E-state index in [1.807, 2.05) is 20.8 Å². The fraction of sp³-hybridized carbons (Fsp3) is 0.923. The molecular formula is C13H27N3O3. The molecule has 1 fully saturated rings. The number of amides is 1. The monoisotopic (exact) mass is 273 g/mol. The minimum atomic E-state index is -0.559. The Kier molecular flexibility index (Phi) is 6.03. The highest BCUT2D eigenvalue weighted by atomic mass is 16.6. The summed E-state index contributed by atoms with van der Waals surface area (Å²) in [6.45, 7) is 10.2. The summed E-state index contributed by atoms with van der Waals surface area (Å²) in [6, 6.07) is 0. The van der Waals surface area contributed by atoms with Crippen molar-refractivity contribution in [2.24, 2.45) is 0 Å². The third-order valence-corrected chi connectivity index (χ3v) is 2.95. The lowest BCUT2D eigenvalue weighted by Crippen LogP contribution is -2.49. The number of hydrogen-bond donors (Lipinski definition) is 2. The van der Waals surface area contributed by atoms with Gasteiger partial charge in [-0.1, -0.05) is 0 Å². The summed E-state index contributed by atoms with van der Waals surface area (Å²) in [5.41, 5.74) is -0.507. The van der Waals surface area contributed by atoms with Crippen molar-refractivity contribution >= 4 is 6.09 Å². The van der Waals surface area contributed by atoms with Gasteiger partial charge in [0.2, 0.25) is 0 Å². The number of carbonyl (C=O) groups excluding carboxylic acids is 1. The van der Waals surface area contributed by atoms with Crippen LogP contribution in [0.2, 0.25) is 0 Å². The number of nitrogens with zero attached hydrogens (tertiary/aromatic N) is 2. The average Bonchev–Trinajstić information content (AvgIpc) is 2.27. The van der Waals surface area contributed by atoms with Crippen LogP contribution in [0, 0.1) is 0 Å². The maximum Gasteiger partial charge on any atom is 0.407 e. The molecule has 1 unspecified atom stereocenters. The molecule has 1 atom stereocenters. The summed E-state index contributed by atoms with van der Waals surface area (Å²) in [5, 5.41) is 12.5. The Morgan fingerprint density at radius 3 is 2.42 bits per heavy atom. The minimum absolute atomic E-state index is 0.223. The van der Waals surface area contributed by atoms with Crippen LogP contribution in [0.25, 0.3) is 0 Å².